The van der Waals surface area contributed by atoms with E-state index in [1.807, 2.05) is 85.8 Å². The molecular weight excluding hydrogens is 783 g/mol. The Kier molecular flexibility index (Phi) is 14.5. The van der Waals surface area contributed by atoms with Gasteiger partial charge in [0.1, 0.15) is 38.9 Å². The van der Waals surface area contributed by atoms with Crippen LogP contribution in [-0.2, 0) is 41.5 Å². The van der Waals surface area contributed by atoms with Gasteiger partial charge in [0.05, 0.1) is 25.6 Å². The van der Waals surface area contributed by atoms with Crippen LogP contribution < -0.4 is 18.9 Å². The first-order valence-electron chi connectivity index (χ1n) is 20.9. The van der Waals surface area contributed by atoms with E-state index in [4.69, 9.17) is 33.4 Å². The number of aromatic nitrogens is 1. The van der Waals surface area contributed by atoms with Gasteiger partial charge >= 0.3 is 23.9 Å². The van der Waals surface area contributed by atoms with Crippen molar-refractivity contribution < 1.29 is 47.6 Å². The number of hydrogen-bond donors (Lipinski definition) is 0. The summed E-state index contributed by atoms with van der Waals surface area (Å²) < 4.78 is 34.9. The number of carbonyl (C=O) groups excluding carboxylic acids is 4. The largest absolute Gasteiger partial charge is 0.497 e. The molecule has 0 saturated heterocycles. The monoisotopic (exact) mass is 833 g/mol. The Hall–Kier alpha value is -5.75. The number of methoxy groups -OCH3 is 1. The second kappa shape index (κ2) is 20.5. The van der Waals surface area contributed by atoms with Gasteiger partial charge in [0.25, 0.3) is 0 Å². The van der Waals surface area contributed by atoms with Gasteiger partial charge in [-0.1, -0.05) is 54.6 Å². The molecule has 12 heteroatoms. The highest BCUT2D eigenvalue weighted by atomic mass is 32.1. The molecule has 0 unspecified atom stereocenters. The molecule has 60 heavy (non-hydrogen) atoms. The van der Waals surface area contributed by atoms with Crippen molar-refractivity contribution in [2.75, 3.05) is 13.7 Å². The number of aryl methyl sites for hydroxylation is 2. The standard InChI is InChI=1S/C48H51NO10S/c1-3-55-37-21-11-32(12-22-37)14-30-43(51)56-38-23-15-34(16-24-38)47(52)58-40-27-28-41(45-44(40)49-46(60-45)33-7-5-4-6-8-33)59-48(53)35-17-25-39(26-18-35)57-42(50)29-13-31-9-19-36(54-2)20-10-31/h4-12,19-22,27-28,34-35,38-39H,3,13-18,23-26,29-30H2,1-2H3. The summed E-state index contributed by atoms with van der Waals surface area (Å²) in [6.45, 7) is 2.54. The third-order valence-corrected chi connectivity index (χ3v) is 12.3. The van der Waals surface area contributed by atoms with Crippen LogP contribution in [0.5, 0.6) is 23.0 Å². The summed E-state index contributed by atoms with van der Waals surface area (Å²) in [5, 5.41) is 0.700. The van der Waals surface area contributed by atoms with E-state index in [1.165, 1.54) is 11.3 Å². The number of fused-ring (bicyclic) bond motifs is 1. The Morgan fingerprint density at radius 1 is 0.617 bits per heavy atom. The molecule has 11 nitrogen and oxygen atoms in total. The number of hydrogen-bond acceptors (Lipinski definition) is 12. The molecule has 2 saturated carbocycles. The van der Waals surface area contributed by atoms with Crippen molar-refractivity contribution in [3.63, 3.8) is 0 Å². The second-order valence-electron chi connectivity index (χ2n) is 15.3. The van der Waals surface area contributed by atoms with Gasteiger partial charge in [0.2, 0.25) is 0 Å². The van der Waals surface area contributed by atoms with Crippen molar-refractivity contribution >= 4 is 45.4 Å². The van der Waals surface area contributed by atoms with Gasteiger partial charge in [-0.2, -0.15) is 0 Å². The third-order valence-electron chi connectivity index (χ3n) is 11.2. The van der Waals surface area contributed by atoms with Crippen LogP contribution in [0, 0.1) is 11.8 Å². The van der Waals surface area contributed by atoms with Gasteiger partial charge in [-0.05, 0) is 119 Å². The van der Waals surface area contributed by atoms with Gasteiger partial charge in [-0.3, -0.25) is 19.2 Å². The average Bonchev–Trinajstić information content (AvgIpc) is 3.74. The van der Waals surface area contributed by atoms with Crippen LogP contribution in [0.4, 0.5) is 0 Å². The van der Waals surface area contributed by atoms with E-state index in [-0.39, 0.29) is 60.8 Å². The van der Waals surface area contributed by atoms with Crippen molar-refractivity contribution in [3.05, 3.63) is 102 Å². The minimum atomic E-state index is -0.367. The summed E-state index contributed by atoms with van der Waals surface area (Å²) in [4.78, 5) is 57.2. The SMILES string of the molecule is CCOc1ccc(CCC(=O)OC2CCC(C(=O)Oc3ccc(OC(=O)C4CCC(OC(=O)CCc5ccc(OC)cc5)CC4)c4sc(-c5ccccc5)nc34)CC2)cc1. The zero-order chi connectivity index (χ0) is 41.8. The molecule has 0 amide bonds. The molecule has 0 radical (unpaired) electrons. The molecular formula is C48H51NO10S. The zero-order valence-electron chi connectivity index (χ0n) is 34.1. The number of nitrogens with zero attached hydrogens (tertiary/aromatic N) is 1. The summed E-state index contributed by atoms with van der Waals surface area (Å²) in [7, 11) is 1.62. The zero-order valence-corrected chi connectivity index (χ0v) is 34.9. The Morgan fingerprint density at radius 3 is 1.63 bits per heavy atom. The number of esters is 4. The molecule has 314 valence electrons. The first-order valence-corrected chi connectivity index (χ1v) is 21.7. The summed E-state index contributed by atoms with van der Waals surface area (Å²) in [6, 6.07) is 28.3. The molecule has 0 bridgehead atoms. The Morgan fingerprint density at radius 2 is 1.12 bits per heavy atom. The number of benzene rings is 4. The Balaban J connectivity index is 0.916. The van der Waals surface area contributed by atoms with Crippen LogP contribution in [-0.4, -0.2) is 54.8 Å². The van der Waals surface area contributed by atoms with Crippen molar-refractivity contribution in [2.24, 2.45) is 11.8 Å². The molecule has 7 rings (SSSR count). The lowest BCUT2D eigenvalue weighted by molar-refractivity contribution is -0.153. The predicted molar refractivity (Wildman–Crippen MR) is 227 cm³/mol. The number of carbonyl (C=O) groups is 4. The van der Waals surface area contributed by atoms with Gasteiger partial charge < -0.3 is 28.4 Å². The minimum Gasteiger partial charge on any atom is -0.497 e. The first-order chi connectivity index (χ1) is 29.2. The van der Waals surface area contributed by atoms with Crippen molar-refractivity contribution in [3.8, 4) is 33.6 Å². The molecule has 0 N–H and O–H groups in total. The fraction of sp³-hybridized carbons (Fsp3) is 0.396. The molecule has 0 spiro atoms. The first kappa shape index (κ1) is 42.4. The normalized spacial score (nSPS) is 18.9. The Bertz CT molecular complexity index is 2220. The molecule has 0 atom stereocenters. The molecule has 2 fully saturated rings. The van der Waals surface area contributed by atoms with Crippen molar-refractivity contribution in [1.29, 1.82) is 0 Å². The highest BCUT2D eigenvalue weighted by Gasteiger charge is 2.32. The van der Waals surface area contributed by atoms with Crippen molar-refractivity contribution in [2.45, 2.75) is 96.2 Å². The highest BCUT2D eigenvalue weighted by molar-refractivity contribution is 7.22. The fourth-order valence-electron chi connectivity index (χ4n) is 7.74. The smallest absolute Gasteiger partial charge is 0.314 e. The predicted octanol–water partition coefficient (Wildman–Crippen LogP) is 9.65. The maximum Gasteiger partial charge on any atom is 0.314 e. The van der Waals surface area contributed by atoms with E-state index in [1.54, 1.807) is 19.2 Å². The Labute approximate surface area is 354 Å². The molecule has 5 aromatic rings. The van der Waals surface area contributed by atoms with Crippen LogP contribution in [0.25, 0.3) is 20.8 Å². The van der Waals surface area contributed by atoms with E-state index in [9.17, 15) is 19.2 Å². The van der Waals surface area contributed by atoms with E-state index >= 15 is 0 Å². The van der Waals surface area contributed by atoms with Crippen LogP contribution >= 0.6 is 11.3 Å². The number of rotatable bonds is 16. The molecule has 0 aliphatic heterocycles. The molecule has 1 heterocycles. The van der Waals surface area contributed by atoms with Gasteiger partial charge in [-0.15, -0.1) is 11.3 Å². The van der Waals surface area contributed by atoms with E-state index in [2.05, 4.69) is 0 Å². The summed E-state index contributed by atoms with van der Waals surface area (Å²) in [6.07, 6.45) is 5.68. The van der Waals surface area contributed by atoms with Crippen LogP contribution in [0.2, 0.25) is 0 Å². The highest BCUT2D eigenvalue weighted by Crippen LogP contribution is 2.42. The fourth-order valence-corrected chi connectivity index (χ4v) is 8.77. The quantitative estimate of drug-likeness (QED) is 0.0694. The van der Waals surface area contributed by atoms with E-state index < -0.39 is 0 Å². The molecule has 1 aromatic heterocycles. The maximum atomic E-state index is 13.5. The van der Waals surface area contributed by atoms with E-state index in [0.717, 1.165) is 28.2 Å². The summed E-state index contributed by atoms with van der Waals surface area (Å²) >= 11 is 1.37. The van der Waals surface area contributed by atoms with Gasteiger partial charge in [0, 0.05) is 18.4 Å². The lowest BCUT2D eigenvalue weighted by Crippen LogP contribution is -2.30. The van der Waals surface area contributed by atoms with Gasteiger partial charge in [0.15, 0.2) is 11.5 Å². The van der Waals surface area contributed by atoms with E-state index in [0.29, 0.717) is 97.5 Å². The number of thiazole rings is 1. The van der Waals surface area contributed by atoms with Crippen LogP contribution in [0.3, 0.4) is 0 Å². The molecule has 2 aliphatic rings. The molecule has 2 aliphatic carbocycles. The topological polar surface area (TPSA) is 137 Å². The third kappa shape index (κ3) is 11.3. The summed E-state index contributed by atoms with van der Waals surface area (Å²) in [5.41, 5.74) is 3.40. The van der Waals surface area contributed by atoms with Crippen molar-refractivity contribution in [1.82, 2.24) is 4.98 Å². The average molecular weight is 834 g/mol. The lowest BCUT2D eigenvalue weighted by Gasteiger charge is -2.27. The van der Waals surface area contributed by atoms with Gasteiger partial charge in [-0.25, -0.2) is 4.98 Å². The molecule has 4 aromatic carbocycles. The van der Waals surface area contributed by atoms with Crippen LogP contribution in [0.1, 0.15) is 82.3 Å². The second-order valence-corrected chi connectivity index (χ2v) is 16.3. The number of ether oxygens (including phenoxy) is 6. The van der Waals surface area contributed by atoms with Crippen LogP contribution in [0.15, 0.2) is 91.0 Å². The summed E-state index contributed by atoms with van der Waals surface area (Å²) in [5.74, 6) is 0.299. The maximum absolute atomic E-state index is 13.5. The minimum absolute atomic E-state index is 0.237. The lowest BCUT2D eigenvalue weighted by atomic mass is 9.87.